The van der Waals surface area contributed by atoms with Crippen molar-refractivity contribution in [2.24, 2.45) is 0 Å². The van der Waals surface area contributed by atoms with E-state index in [4.69, 9.17) is 0 Å². The Hall–Kier alpha value is -3.95. The molecule has 10 nitrogen and oxygen atoms in total. The third kappa shape index (κ3) is 4.47. The molecule has 0 aliphatic heterocycles. The monoisotopic (exact) mass is 415 g/mol. The van der Waals surface area contributed by atoms with Crippen LogP contribution in [0.5, 0.6) is 0 Å². The van der Waals surface area contributed by atoms with Crippen molar-refractivity contribution in [3.05, 3.63) is 54.6 Å². The van der Waals surface area contributed by atoms with E-state index in [1.54, 1.807) is 0 Å². The first-order valence-corrected chi connectivity index (χ1v) is 10.3. The number of aryl methyl sites for hydroxylation is 1. The Bertz CT molecular complexity index is 1160. The van der Waals surface area contributed by atoms with Crippen molar-refractivity contribution in [2.45, 2.75) is 38.3 Å². The molecule has 0 bridgehead atoms. The fourth-order valence-corrected chi connectivity index (χ4v) is 3.30. The molecule has 2 heterocycles. The second-order valence-corrected chi connectivity index (χ2v) is 7.48. The van der Waals surface area contributed by atoms with Gasteiger partial charge in [0.25, 0.3) is 0 Å². The molecule has 1 fully saturated rings. The lowest BCUT2D eigenvalue weighted by molar-refractivity contribution is -0.116. The van der Waals surface area contributed by atoms with Crippen LogP contribution in [0, 0.1) is 0 Å². The molecule has 0 spiro atoms. The summed E-state index contributed by atoms with van der Waals surface area (Å²) in [7, 11) is 0. The van der Waals surface area contributed by atoms with Gasteiger partial charge >= 0.3 is 0 Å². The molecule has 156 valence electrons. The van der Waals surface area contributed by atoms with Crippen LogP contribution in [-0.4, -0.2) is 46.3 Å². The number of hydrogen-bond donors (Lipinski definition) is 1. The van der Waals surface area contributed by atoms with Gasteiger partial charge in [-0.2, -0.15) is 4.80 Å². The second kappa shape index (κ2) is 8.42. The van der Waals surface area contributed by atoms with Gasteiger partial charge in [0.15, 0.2) is 5.82 Å². The average Bonchev–Trinajstić information content (AvgIpc) is 3.33. The number of aromatic nitrogens is 8. The van der Waals surface area contributed by atoms with Crippen molar-refractivity contribution < 1.29 is 4.79 Å². The maximum atomic E-state index is 12.3. The molecule has 0 unspecified atom stereocenters. The minimum Gasteiger partial charge on any atom is -0.326 e. The highest BCUT2D eigenvalue weighted by molar-refractivity contribution is 5.90. The summed E-state index contributed by atoms with van der Waals surface area (Å²) in [6.07, 6.45) is 3.21. The molecule has 1 N–H and O–H groups in total. The van der Waals surface area contributed by atoms with Gasteiger partial charge in [-0.25, -0.2) is 4.68 Å². The molecule has 0 saturated heterocycles. The highest BCUT2D eigenvalue weighted by atomic mass is 16.1. The third-order valence-electron chi connectivity index (χ3n) is 5.06. The lowest BCUT2D eigenvalue weighted by Crippen LogP contribution is -2.13. The Labute approximate surface area is 178 Å². The number of nitrogens with one attached hydrogen (secondary N) is 1. The minimum absolute atomic E-state index is 0.0565. The van der Waals surface area contributed by atoms with Crippen molar-refractivity contribution >= 4 is 11.6 Å². The van der Waals surface area contributed by atoms with E-state index < -0.39 is 0 Å². The zero-order valence-corrected chi connectivity index (χ0v) is 16.8. The molecule has 0 atom stereocenters. The molecule has 1 amide bonds. The van der Waals surface area contributed by atoms with E-state index in [0.717, 1.165) is 35.5 Å². The Balaban J connectivity index is 1.12. The number of carbonyl (C=O) groups excluding carboxylic acids is 1. The van der Waals surface area contributed by atoms with Crippen molar-refractivity contribution in [3.63, 3.8) is 0 Å². The smallest absolute Gasteiger partial charge is 0.224 e. The summed E-state index contributed by atoms with van der Waals surface area (Å²) in [4.78, 5) is 13.8. The van der Waals surface area contributed by atoms with Crippen molar-refractivity contribution in [2.75, 3.05) is 5.32 Å². The molecule has 2 aromatic heterocycles. The largest absolute Gasteiger partial charge is 0.326 e. The first kappa shape index (κ1) is 19.0. The first-order chi connectivity index (χ1) is 15.3. The second-order valence-electron chi connectivity index (χ2n) is 7.48. The van der Waals surface area contributed by atoms with Gasteiger partial charge in [-0.3, -0.25) is 4.79 Å². The van der Waals surface area contributed by atoms with Crippen LogP contribution in [-0.2, 0) is 11.3 Å². The van der Waals surface area contributed by atoms with Gasteiger partial charge in [-0.05, 0) is 59.2 Å². The highest BCUT2D eigenvalue weighted by Gasteiger charge is 2.28. The number of nitrogens with zero attached hydrogens (tertiary/aromatic N) is 8. The summed E-state index contributed by atoms with van der Waals surface area (Å²) >= 11 is 0. The van der Waals surface area contributed by atoms with Crippen molar-refractivity contribution in [3.8, 4) is 22.8 Å². The number of amides is 1. The lowest BCUT2D eigenvalue weighted by Gasteiger charge is -2.07. The number of anilines is 1. The quantitative estimate of drug-likeness (QED) is 0.470. The van der Waals surface area contributed by atoms with Gasteiger partial charge in [0, 0.05) is 23.2 Å². The predicted octanol–water partition coefficient (Wildman–Crippen LogP) is 2.75. The molecule has 4 aromatic rings. The van der Waals surface area contributed by atoms with E-state index in [-0.39, 0.29) is 5.91 Å². The lowest BCUT2D eigenvalue weighted by atomic mass is 10.2. The van der Waals surface area contributed by atoms with E-state index in [9.17, 15) is 4.79 Å². The number of hydrogen-bond acceptors (Lipinski definition) is 7. The fraction of sp³-hybridized carbons (Fsp3) is 0.286. The number of tetrazole rings is 2. The van der Waals surface area contributed by atoms with Crippen LogP contribution >= 0.6 is 0 Å². The Morgan fingerprint density at radius 1 is 0.968 bits per heavy atom. The molecule has 1 aliphatic rings. The van der Waals surface area contributed by atoms with Crippen LogP contribution < -0.4 is 5.32 Å². The normalized spacial score (nSPS) is 13.3. The number of carbonyl (C=O) groups is 1. The molecule has 0 radical (unpaired) electrons. The molecule has 1 saturated carbocycles. The molecule has 1 aliphatic carbocycles. The van der Waals surface area contributed by atoms with E-state index >= 15 is 0 Å². The van der Waals surface area contributed by atoms with E-state index in [1.165, 1.54) is 4.80 Å². The minimum atomic E-state index is -0.0565. The van der Waals surface area contributed by atoms with E-state index in [2.05, 4.69) is 36.3 Å². The summed E-state index contributed by atoms with van der Waals surface area (Å²) < 4.78 is 1.87. The maximum Gasteiger partial charge on any atom is 0.224 e. The van der Waals surface area contributed by atoms with Gasteiger partial charge in [-0.15, -0.1) is 15.3 Å². The summed E-state index contributed by atoms with van der Waals surface area (Å²) in [6.45, 7) is 0.524. The van der Waals surface area contributed by atoms with Gasteiger partial charge < -0.3 is 5.32 Å². The van der Waals surface area contributed by atoms with Crippen LogP contribution in [0.15, 0.2) is 54.6 Å². The predicted molar refractivity (Wildman–Crippen MR) is 113 cm³/mol. The molecule has 5 rings (SSSR count). The van der Waals surface area contributed by atoms with Gasteiger partial charge in [0.2, 0.25) is 11.7 Å². The van der Waals surface area contributed by atoms with Gasteiger partial charge in [0.1, 0.15) is 0 Å². The van der Waals surface area contributed by atoms with E-state index in [0.29, 0.717) is 31.3 Å². The zero-order chi connectivity index (χ0) is 21.0. The van der Waals surface area contributed by atoms with E-state index in [1.807, 2.05) is 59.3 Å². The molecule has 31 heavy (non-hydrogen) atoms. The Morgan fingerprint density at radius 3 is 2.55 bits per heavy atom. The van der Waals surface area contributed by atoms with Crippen LogP contribution in [0.2, 0.25) is 0 Å². The highest BCUT2D eigenvalue weighted by Crippen LogP contribution is 2.36. The zero-order valence-electron chi connectivity index (χ0n) is 16.8. The van der Waals surface area contributed by atoms with Crippen LogP contribution in [0.1, 0.15) is 31.7 Å². The summed E-state index contributed by atoms with van der Waals surface area (Å²) in [5.74, 6) is 1.28. The van der Waals surface area contributed by atoms with Crippen LogP contribution in [0.25, 0.3) is 22.8 Å². The van der Waals surface area contributed by atoms with Crippen molar-refractivity contribution in [1.82, 2.24) is 40.4 Å². The number of rotatable bonds is 8. The molecular formula is C21H21N9O. The fourth-order valence-electron chi connectivity index (χ4n) is 3.30. The molecular weight excluding hydrogens is 394 g/mol. The Morgan fingerprint density at radius 2 is 1.77 bits per heavy atom. The van der Waals surface area contributed by atoms with Gasteiger partial charge in [0.05, 0.1) is 12.6 Å². The van der Waals surface area contributed by atoms with Gasteiger partial charge in [-0.1, -0.05) is 30.3 Å². The standard InChI is InChI=1S/C21H21N9O/c31-19(7-4-14-29-25-20(23-27-29)15-5-2-1-3-6-15)22-17-10-8-16(9-11-17)21-24-26-28-30(21)18-12-13-18/h1-3,5-6,8-11,18H,4,7,12-14H2,(H,22,31). The van der Waals surface area contributed by atoms with Crippen LogP contribution in [0.3, 0.4) is 0 Å². The number of benzene rings is 2. The first-order valence-electron chi connectivity index (χ1n) is 10.3. The third-order valence-corrected chi connectivity index (χ3v) is 5.06. The summed E-state index contributed by atoms with van der Waals surface area (Å²) in [5.41, 5.74) is 2.59. The van der Waals surface area contributed by atoms with Crippen LogP contribution in [0.4, 0.5) is 5.69 Å². The topological polar surface area (TPSA) is 116 Å². The molecule has 2 aromatic carbocycles. The molecule has 10 heteroatoms. The van der Waals surface area contributed by atoms with Crippen molar-refractivity contribution in [1.29, 1.82) is 0 Å². The maximum absolute atomic E-state index is 12.3. The SMILES string of the molecule is O=C(CCCn1nnc(-c2ccccc2)n1)Nc1ccc(-c2nnnn2C2CC2)cc1. The average molecular weight is 415 g/mol. The summed E-state index contributed by atoms with van der Waals surface area (Å²) in [6, 6.07) is 17.7. The Kier molecular flexibility index (Phi) is 5.17. The summed E-state index contributed by atoms with van der Waals surface area (Å²) in [5, 5.41) is 27.4.